The number of likely N-dealkylation sites (N-methyl/N-ethyl adjacent to an activating group) is 1. The summed E-state index contributed by atoms with van der Waals surface area (Å²) in [6.07, 6.45) is 0. The van der Waals surface area contributed by atoms with E-state index in [9.17, 15) is 0 Å². The van der Waals surface area contributed by atoms with Gasteiger partial charge in [-0.15, -0.1) is 0 Å². The van der Waals surface area contributed by atoms with Gasteiger partial charge < -0.3 is 15.7 Å². The van der Waals surface area contributed by atoms with Crippen LogP contribution in [0.15, 0.2) is 0 Å². The Hall–Kier alpha value is -0.120. The van der Waals surface area contributed by atoms with Crippen LogP contribution < -0.4 is 5.32 Å². The van der Waals surface area contributed by atoms with E-state index in [0.717, 1.165) is 0 Å². The Morgan fingerprint density at radius 3 is 2.22 bits per heavy atom. The molecule has 0 atom stereocenters. The average molecular weight is 132 g/mol. The van der Waals surface area contributed by atoms with Crippen molar-refractivity contribution >= 4 is 0 Å². The predicted octanol–water partition coefficient (Wildman–Crippen LogP) is -0.913. The molecule has 0 spiro atoms. The van der Waals surface area contributed by atoms with Crippen LogP contribution in [-0.4, -0.2) is 43.1 Å². The van der Waals surface area contributed by atoms with Gasteiger partial charge in [-0.25, -0.2) is 0 Å². The van der Waals surface area contributed by atoms with E-state index in [0.29, 0.717) is 0 Å². The first-order chi connectivity index (χ1) is 3.93. The van der Waals surface area contributed by atoms with Crippen molar-refractivity contribution in [2.75, 3.05) is 32.7 Å². The Kier molecular flexibility index (Phi) is 4.67. The van der Waals surface area contributed by atoms with Crippen LogP contribution in [0.1, 0.15) is 6.92 Å². The summed E-state index contributed by atoms with van der Waals surface area (Å²) in [7, 11) is 0. The van der Waals surface area contributed by atoms with Crippen molar-refractivity contribution in [2.45, 2.75) is 6.92 Å². The Morgan fingerprint density at radius 2 is 1.89 bits per heavy atom. The third-order valence-corrected chi connectivity index (χ3v) is 1.66. The summed E-state index contributed by atoms with van der Waals surface area (Å²) in [6, 6.07) is 0. The van der Waals surface area contributed by atoms with Gasteiger partial charge in [0.1, 0.15) is 0 Å². The highest BCUT2D eigenvalue weighted by molar-refractivity contribution is 4.64. The quantitative estimate of drug-likeness (QED) is 0.502. The Bertz CT molecular complexity index is 62.1. The lowest BCUT2D eigenvalue weighted by Crippen LogP contribution is -2.43. The van der Waals surface area contributed by atoms with Gasteiger partial charge in [-0.05, 0) is 6.54 Å². The molecule has 3 N–H and O–H groups in total. The summed E-state index contributed by atoms with van der Waals surface area (Å²) in [5, 5.41) is 3.31. The Morgan fingerprint density at radius 1 is 1.33 bits per heavy atom. The molecule has 1 fully saturated rings. The zero-order chi connectivity index (χ0) is 5.82. The van der Waals surface area contributed by atoms with Crippen molar-refractivity contribution in [3.8, 4) is 0 Å². The van der Waals surface area contributed by atoms with Gasteiger partial charge in [0.15, 0.2) is 0 Å². The SMILES string of the molecule is CCN1CCNCC1.O. The molecule has 0 radical (unpaired) electrons. The first-order valence-electron chi connectivity index (χ1n) is 3.36. The van der Waals surface area contributed by atoms with Crippen molar-refractivity contribution in [2.24, 2.45) is 0 Å². The van der Waals surface area contributed by atoms with Gasteiger partial charge in [-0.1, -0.05) is 6.92 Å². The average Bonchev–Trinajstić information content (AvgIpc) is 1.90. The standard InChI is InChI=1S/C6H14N2.H2O/c1-2-8-5-3-7-4-6-8;/h7H,2-6H2,1H3;1H2. The van der Waals surface area contributed by atoms with Crippen LogP contribution in [0.3, 0.4) is 0 Å². The van der Waals surface area contributed by atoms with Crippen molar-refractivity contribution < 1.29 is 5.48 Å². The van der Waals surface area contributed by atoms with Crippen LogP contribution in [-0.2, 0) is 0 Å². The zero-order valence-electron chi connectivity index (χ0n) is 5.98. The number of piperazine rings is 1. The van der Waals surface area contributed by atoms with Crippen molar-refractivity contribution in [1.29, 1.82) is 0 Å². The van der Waals surface area contributed by atoms with Crippen LogP contribution in [0.4, 0.5) is 0 Å². The molecule has 3 heteroatoms. The van der Waals surface area contributed by atoms with Crippen LogP contribution in [0.2, 0.25) is 0 Å². The summed E-state index contributed by atoms with van der Waals surface area (Å²) in [4.78, 5) is 2.45. The number of hydrogen-bond acceptors (Lipinski definition) is 2. The first-order valence-corrected chi connectivity index (χ1v) is 3.36. The molecule has 0 aromatic carbocycles. The molecule has 1 rings (SSSR count). The van der Waals surface area contributed by atoms with Crippen LogP contribution in [0.25, 0.3) is 0 Å². The fourth-order valence-electron chi connectivity index (χ4n) is 1.03. The molecule has 0 saturated carbocycles. The fraction of sp³-hybridized carbons (Fsp3) is 1.00. The number of hydrogen-bond donors (Lipinski definition) is 1. The second kappa shape index (κ2) is 4.73. The maximum Gasteiger partial charge on any atom is 0.0107 e. The molecule has 1 saturated heterocycles. The van der Waals surface area contributed by atoms with E-state index in [1.807, 2.05) is 0 Å². The molecular weight excluding hydrogens is 116 g/mol. The summed E-state index contributed by atoms with van der Waals surface area (Å²) >= 11 is 0. The molecule has 3 nitrogen and oxygen atoms in total. The monoisotopic (exact) mass is 132 g/mol. The Labute approximate surface area is 56.3 Å². The number of rotatable bonds is 1. The molecule has 1 heterocycles. The molecule has 0 unspecified atom stereocenters. The first kappa shape index (κ1) is 8.88. The zero-order valence-corrected chi connectivity index (χ0v) is 5.98. The summed E-state index contributed by atoms with van der Waals surface area (Å²) < 4.78 is 0. The second-order valence-corrected chi connectivity index (χ2v) is 2.18. The molecule has 0 bridgehead atoms. The van der Waals surface area contributed by atoms with Gasteiger partial charge >= 0.3 is 0 Å². The summed E-state index contributed by atoms with van der Waals surface area (Å²) in [6.45, 7) is 8.24. The molecule has 0 aromatic heterocycles. The van der Waals surface area contributed by atoms with E-state index in [1.54, 1.807) is 0 Å². The van der Waals surface area contributed by atoms with Crippen LogP contribution in [0, 0.1) is 0 Å². The van der Waals surface area contributed by atoms with Gasteiger partial charge in [-0.2, -0.15) is 0 Å². The lowest BCUT2D eigenvalue weighted by molar-refractivity contribution is 0.253. The molecule has 1 aliphatic heterocycles. The number of nitrogens with one attached hydrogen (secondary N) is 1. The van der Waals surface area contributed by atoms with Crippen molar-refractivity contribution in [3.63, 3.8) is 0 Å². The van der Waals surface area contributed by atoms with Crippen LogP contribution >= 0.6 is 0 Å². The smallest absolute Gasteiger partial charge is 0.0107 e. The molecule has 1 aliphatic rings. The topological polar surface area (TPSA) is 46.8 Å². The van der Waals surface area contributed by atoms with Crippen molar-refractivity contribution in [3.05, 3.63) is 0 Å². The van der Waals surface area contributed by atoms with Crippen LogP contribution in [0.5, 0.6) is 0 Å². The van der Waals surface area contributed by atoms with Gasteiger partial charge in [0.25, 0.3) is 0 Å². The normalized spacial score (nSPS) is 21.0. The second-order valence-electron chi connectivity index (χ2n) is 2.18. The third-order valence-electron chi connectivity index (χ3n) is 1.66. The fourth-order valence-corrected chi connectivity index (χ4v) is 1.03. The largest absolute Gasteiger partial charge is 0.412 e. The summed E-state index contributed by atoms with van der Waals surface area (Å²) in [5.74, 6) is 0. The maximum atomic E-state index is 3.31. The van der Waals surface area contributed by atoms with E-state index in [2.05, 4.69) is 17.1 Å². The van der Waals surface area contributed by atoms with Crippen molar-refractivity contribution in [1.82, 2.24) is 10.2 Å². The van der Waals surface area contributed by atoms with E-state index < -0.39 is 0 Å². The minimum absolute atomic E-state index is 0. The molecule has 0 aliphatic carbocycles. The van der Waals surface area contributed by atoms with E-state index in [-0.39, 0.29) is 5.48 Å². The van der Waals surface area contributed by atoms with E-state index in [4.69, 9.17) is 0 Å². The van der Waals surface area contributed by atoms with E-state index in [1.165, 1.54) is 32.7 Å². The lowest BCUT2D eigenvalue weighted by atomic mass is 10.4. The van der Waals surface area contributed by atoms with Gasteiger partial charge in [-0.3, -0.25) is 0 Å². The Balaban J connectivity index is 0.000000640. The third kappa shape index (κ3) is 2.79. The minimum Gasteiger partial charge on any atom is -0.412 e. The number of nitrogens with zero attached hydrogens (tertiary/aromatic N) is 1. The highest BCUT2D eigenvalue weighted by Crippen LogP contribution is 1.88. The predicted molar refractivity (Wildman–Crippen MR) is 38.6 cm³/mol. The molecule has 0 aromatic rings. The highest BCUT2D eigenvalue weighted by atomic mass is 16.0. The van der Waals surface area contributed by atoms with Gasteiger partial charge in [0.2, 0.25) is 0 Å². The lowest BCUT2D eigenvalue weighted by Gasteiger charge is -2.25. The molecule has 56 valence electrons. The molecular formula is C6H16N2O. The molecule has 9 heavy (non-hydrogen) atoms. The molecule has 0 amide bonds. The highest BCUT2D eigenvalue weighted by Gasteiger charge is 2.04. The van der Waals surface area contributed by atoms with Gasteiger partial charge in [0.05, 0.1) is 0 Å². The minimum atomic E-state index is 0. The maximum absolute atomic E-state index is 3.31. The van der Waals surface area contributed by atoms with E-state index >= 15 is 0 Å². The van der Waals surface area contributed by atoms with Gasteiger partial charge in [0, 0.05) is 26.2 Å². The summed E-state index contributed by atoms with van der Waals surface area (Å²) in [5.41, 5.74) is 0.